The third-order valence-electron chi connectivity index (χ3n) is 5.44. The van der Waals surface area contributed by atoms with E-state index in [0.29, 0.717) is 24.7 Å². The smallest absolute Gasteiger partial charge is 0.321 e. The maximum Gasteiger partial charge on any atom is 0.321 e. The Morgan fingerprint density at radius 1 is 1.10 bits per heavy atom. The minimum atomic E-state index is -0.454. The number of rotatable bonds is 7. The van der Waals surface area contributed by atoms with E-state index >= 15 is 0 Å². The summed E-state index contributed by atoms with van der Waals surface area (Å²) in [6.07, 6.45) is 0.642. The van der Waals surface area contributed by atoms with Crippen molar-refractivity contribution in [3.05, 3.63) is 47.6 Å². The van der Waals surface area contributed by atoms with Crippen molar-refractivity contribution >= 4 is 11.9 Å². The molecule has 0 radical (unpaired) electrons. The molecule has 1 fully saturated rings. The number of urea groups is 1. The number of aromatic nitrogens is 2. The van der Waals surface area contributed by atoms with Crippen LogP contribution >= 0.6 is 0 Å². The Hall–Kier alpha value is -2.78. The largest absolute Gasteiger partial charge is 0.338 e. The van der Waals surface area contributed by atoms with Crippen molar-refractivity contribution < 1.29 is 14.1 Å². The number of hydrogen-bond donors (Lipinski definition) is 2. The summed E-state index contributed by atoms with van der Waals surface area (Å²) in [6.45, 7) is 9.16. The van der Waals surface area contributed by atoms with E-state index in [-0.39, 0.29) is 18.0 Å². The Balaban J connectivity index is 1.50. The Morgan fingerprint density at radius 3 is 2.43 bits per heavy atom. The average Bonchev–Trinajstić information content (AvgIpc) is 3.22. The molecule has 0 unspecified atom stereocenters. The molecule has 0 aliphatic carbocycles. The van der Waals surface area contributed by atoms with Crippen LogP contribution in [-0.2, 0) is 11.2 Å². The highest BCUT2D eigenvalue weighted by molar-refractivity contribution is 5.96. The lowest BCUT2D eigenvalue weighted by molar-refractivity contribution is -0.125. The van der Waals surface area contributed by atoms with Gasteiger partial charge in [-0.3, -0.25) is 19.9 Å². The zero-order valence-electron chi connectivity index (χ0n) is 17.8. The first-order valence-corrected chi connectivity index (χ1v) is 10.4. The summed E-state index contributed by atoms with van der Waals surface area (Å²) in [5.41, 5.74) is 1.14. The maximum absolute atomic E-state index is 12.3. The van der Waals surface area contributed by atoms with Gasteiger partial charge in [0.2, 0.25) is 11.8 Å². The first-order chi connectivity index (χ1) is 14.5. The number of hydrogen-bond acceptors (Lipinski definition) is 7. The number of imide groups is 1. The second kappa shape index (κ2) is 10.3. The van der Waals surface area contributed by atoms with Gasteiger partial charge in [-0.15, -0.1) is 0 Å². The molecular weight excluding hydrogens is 384 g/mol. The fourth-order valence-electron chi connectivity index (χ4n) is 3.54. The number of nitrogens with zero attached hydrogens (tertiary/aromatic N) is 4. The summed E-state index contributed by atoms with van der Waals surface area (Å²) in [6, 6.07) is 9.24. The third-order valence-corrected chi connectivity index (χ3v) is 5.44. The highest BCUT2D eigenvalue weighted by Gasteiger charge is 2.30. The van der Waals surface area contributed by atoms with Gasteiger partial charge in [0, 0.05) is 39.1 Å². The number of benzene rings is 1. The van der Waals surface area contributed by atoms with Crippen LogP contribution in [0.1, 0.15) is 44.1 Å². The quantitative estimate of drug-likeness (QED) is 0.709. The molecule has 162 valence electrons. The number of nitrogens with one attached hydrogen (secondary N) is 2. The van der Waals surface area contributed by atoms with Gasteiger partial charge < -0.3 is 9.84 Å². The predicted octanol–water partition coefficient (Wildman–Crippen LogP) is 1.57. The normalized spacial score (nSPS) is 17.3. The van der Waals surface area contributed by atoms with Gasteiger partial charge in [0.05, 0.1) is 12.1 Å². The van der Waals surface area contributed by atoms with E-state index in [9.17, 15) is 9.59 Å². The lowest BCUT2D eigenvalue weighted by atomic mass is 10.1. The fraction of sp³-hybridized carbons (Fsp3) is 0.524. The van der Waals surface area contributed by atoms with E-state index in [1.165, 1.54) is 0 Å². The van der Waals surface area contributed by atoms with Crippen molar-refractivity contribution in [3.8, 4) is 0 Å². The summed E-state index contributed by atoms with van der Waals surface area (Å²) < 4.78 is 5.51. The second-order valence-electron chi connectivity index (χ2n) is 7.48. The average molecular weight is 415 g/mol. The van der Waals surface area contributed by atoms with Gasteiger partial charge in [-0.05, 0) is 26.3 Å². The Kier molecular flexibility index (Phi) is 7.53. The Morgan fingerprint density at radius 2 is 1.77 bits per heavy atom. The molecule has 1 aliphatic rings. The molecule has 0 spiro atoms. The van der Waals surface area contributed by atoms with Crippen LogP contribution in [0.5, 0.6) is 0 Å². The van der Waals surface area contributed by atoms with Crippen LogP contribution in [0.4, 0.5) is 4.79 Å². The summed E-state index contributed by atoms with van der Waals surface area (Å²) in [4.78, 5) is 32.7. The summed E-state index contributed by atoms with van der Waals surface area (Å²) in [5.74, 6) is 0.999. The highest BCUT2D eigenvalue weighted by Crippen LogP contribution is 2.21. The van der Waals surface area contributed by atoms with Crippen LogP contribution in [0.3, 0.4) is 0 Å². The van der Waals surface area contributed by atoms with Crippen molar-refractivity contribution in [2.24, 2.45) is 0 Å². The highest BCUT2D eigenvalue weighted by atomic mass is 16.5. The maximum atomic E-state index is 12.3. The van der Waals surface area contributed by atoms with E-state index in [4.69, 9.17) is 4.52 Å². The van der Waals surface area contributed by atoms with Gasteiger partial charge in [-0.25, -0.2) is 4.79 Å². The van der Waals surface area contributed by atoms with Crippen molar-refractivity contribution in [3.63, 3.8) is 0 Å². The molecule has 3 rings (SSSR count). The van der Waals surface area contributed by atoms with E-state index < -0.39 is 6.03 Å². The molecule has 3 amide bonds. The lowest BCUT2D eigenvalue weighted by Crippen LogP contribution is -2.55. The van der Waals surface area contributed by atoms with Gasteiger partial charge in [0.25, 0.3) is 0 Å². The van der Waals surface area contributed by atoms with Crippen LogP contribution < -0.4 is 10.6 Å². The fourth-order valence-corrected chi connectivity index (χ4v) is 3.54. The van der Waals surface area contributed by atoms with Gasteiger partial charge in [-0.2, -0.15) is 4.98 Å². The number of amides is 3. The van der Waals surface area contributed by atoms with Gasteiger partial charge >= 0.3 is 6.03 Å². The molecule has 1 aromatic carbocycles. The number of carbonyl (C=O) groups is 2. The zero-order valence-corrected chi connectivity index (χ0v) is 17.8. The van der Waals surface area contributed by atoms with Crippen molar-refractivity contribution in [1.29, 1.82) is 0 Å². The van der Waals surface area contributed by atoms with E-state index in [0.717, 1.165) is 31.7 Å². The number of carbonyl (C=O) groups excluding carboxylic acids is 2. The van der Waals surface area contributed by atoms with Gasteiger partial charge in [0.1, 0.15) is 0 Å². The topological polar surface area (TPSA) is 104 Å². The first kappa shape index (κ1) is 21.9. The van der Waals surface area contributed by atoms with Crippen molar-refractivity contribution in [1.82, 2.24) is 30.6 Å². The van der Waals surface area contributed by atoms with E-state index in [1.54, 1.807) is 0 Å². The Bertz CT molecular complexity index is 832. The van der Waals surface area contributed by atoms with Gasteiger partial charge in [-0.1, -0.05) is 35.5 Å². The molecule has 2 atom stereocenters. The van der Waals surface area contributed by atoms with Crippen LogP contribution in [0.25, 0.3) is 0 Å². The summed E-state index contributed by atoms with van der Waals surface area (Å²) in [7, 11) is 0. The van der Waals surface area contributed by atoms with Crippen LogP contribution in [0, 0.1) is 0 Å². The molecule has 1 aliphatic heterocycles. The molecule has 0 bridgehead atoms. The molecule has 30 heavy (non-hydrogen) atoms. The van der Waals surface area contributed by atoms with Crippen LogP contribution in [0.15, 0.2) is 34.9 Å². The van der Waals surface area contributed by atoms with E-state index in [1.807, 2.05) is 44.2 Å². The van der Waals surface area contributed by atoms with E-state index in [2.05, 4.69) is 37.5 Å². The van der Waals surface area contributed by atoms with Crippen LogP contribution in [0.2, 0.25) is 0 Å². The standard InChI is InChI=1S/C21H30N6O3/c1-4-22-21(29)24-19(28)15(2)26-10-12-27(13-11-26)16(3)20-23-18(25-30-20)14-17-8-6-5-7-9-17/h5-9,15-16H,4,10-14H2,1-3H3,(H2,22,24,28,29)/t15-,16-/m1/s1. The molecule has 1 saturated heterocycles. The number of piperazine rings is 1. The molecule has 9 heteroatoms. The zero-order chi connectivity index (χ0) is 21.5. The molecule has 2 N–H and O–H groups in total. The van der Waals surface area contributed by atoms with Gasteiger partial charge in [0.15, 0.2) is 5.82 Å². The minimum absolute atomic E-state index is 0.00337. The van der Waals surface area contributed by atoms with Crippen molar-refractivity contribution in [2.45, 2.75) is 39.3 Å². The van der Waals surface area contributed by atoms with Crippen LogP contribution in [-0.4, -0.2) is 70.6 Å². The molecule has 2 aromatic rings. The molecule has 0 saturated carbocycles. The van der Waals surface area contributed by atoms with Crippen molar-refractivity contribution in [2.75, 3.05) is 32.7 Å². The summed E-state index contributed by atoms with van der Waals surface area (Å²) >= 11 is 0. The summed E-state index contributed by atoms with van der Waals surface area (Å²) in [5, 5.41) is 9.08. The Labute approximate surface area is 176 Å². The monoisotopic (exact) mass is 414 g/mol. The third kappa shape index (κ3) is 5.64. The molecular formula is C21H30N6O3. The molecule has 2 heterocycles. The first-order valence-electron chi connectivity index (χ1n) is 10.4. The minimum Gasteiger partial charge on any atom is -0.338 e. The SMILES string of the molecule is CCNC(=O)NC(=O)[C@@H](C)N1CCN([C@H](C)c2nc(Cc3ccccc3)no2)CC1. The molecule has 9 nitrogen and oxygen atoms in total. The predicted molar refractivity (Wildman–Crippen MR) is 112 cm³/mol. The lowest BCUT2D eigenvalue weighted by Gasteiger charge is -2.38. The molecule has 1 aromatic heterocycles. The second-order valence-corrected chi connectivity index (χ2v) is 7.48.